The fourth-order valence-corrected chi connectivity index (χ4v) is 26.5. The Morgan fingerprint density at radius 3 is 0.409 bits per heavy atom. The quantitative estimate of drug-likeness (QED) is 0.0515. The maximum absolute atomic E-state index is 14.1. The first-order valence-corrected chi connectivity index (χ1v) is 46.4. The van der Waals surface area contributed by atoms with Crippen LogP contribution in [0, 0.1) is 14.3 Å². The van der Waals surface area contributed by atoms with Gasteiger partial charge in [-0.05, 0) is 0 Å². The molecule has 110 heavy (non-hydrogen) atoms. The second-order valence-electron chi connectivity index (χ2n) is 26.9. The summed E-state index contributed by atoms with van der Waals surface area (Å²) in [6.07, 6.45) is 3.68. The molecule has 4 bridgehead atoms. The minimum absolute atomic E-state index is 0.296. The summed E-state index contributed by atoms with van der Waals surface area (Å²) in [6, 6.07) is 100. The van der Waals surface area contributed by atoms with E-state index in [1.54, 1.807) is 243 Å². The standard InChI is InChI=1S/C90H68I4O16/c95-79(63-25-9-1-10-26-63)103-91(104-80(96)64-27-11-2-12-28-64)75-49-41-71(42-50-75)87-57-88(72-43-51-76(52-44-72)92(105-81(97)65-29-13-3-14-30-65)106-82(98)66-31-15-4-16-32-66)60-89(58-87,73-45-53-77(54-46-73)93(107-83(99)67-33-17-5-18-34-67)108-84(100)68-35-19-6-20-36-68)62-90(59-87,61-88)74-47-55-78(56-48-74)94(109-85(101)69-37-21-7-22-38-69)110-86(102)70-39-23-8-24-40-70/h1-56H,57-62H2. The molecule has 4 saturated carbocycles. The van der Waals surface area contributed by atoms with E-state index in [1.165, 1.54) is 0 Å². The van der Waals surface area contributed by atoms with Gasteiger partial charge in [-0.1, -0.05) is 0 Å². The first-order valence-electron chi connectivity index (χ1n) is 35.1. The first-order chi connectivity index (χ1) is 53.6. The Morgan fingerprint density at radius 1 is 0.173 bits per heavy atom. The monoisotopic (exact) mass is 1910 g/mol. The van der Waals surface area contributed by atoms with Crippen LogP contribution >= 0.6 is 82.6 Å². The molecule has 0 spiro atoms. The fraction of sp³-hybridized carbons (Fsp3) is 0.111. The van der Waals surface area contributed by atoms with Gasteiger partial charge < -0.3 is 0 Å². The Hall–Kier alpha value is -10.7. The molecule has 16 rings (SSSR count). The van der Waals surface area contributed by atoms with Gasteiger partial charge in [0.2, 0.25) is 0 Å². The molecule has 0 aromatic heterocycles. The molecule has 0 aliphatic heterocycles. The Labute approximate surface area is 667 Å². The van der Waals surface area contributed by atoms with Crippen molar-refractivity contribution >= 4 is 130 Å². The van der Waals surface area contributed by atoms with Crippen molar-refractivity contribution in [2.24, 2.45) is 0 Å². The maximum atomic E-state index is 14.1. The van der Waals surface area contributed by atoms with E-state index in [0.717, 1.165) is 22.3 Å². The van der Waals surface area contributed by atoms with Crippen molar-refractivity contribution in [3.05, 3.63) is 421 Å². The van der Waals surface area contributed by atoms with Crippen molar-refractivity contribution in [2.75, 3.05) is 0 Å². The minimum atomic E-state index is -3.66. The summed E-state index contributed by atoms with van der Waals surface area (Å²) in [5.74, 6) is -5.08. The van der Waals surface area contributed by atoms with Crippen LogP contribution < -0.4 is 0 Å². The first kappa shape index (κ1) is 74.8. The summed E-state index contributed by atoms with van der Waals surface area (Å²) in [4.78, 5) is 113. The van der Waals surface area contributed by atoms with Gasteiger partial charge in [0.15, 0.2) is 0 Å². The molecule has 16 nitrogen and oxygen atoms in total. The number of hydrogen-bond donors (Lipinski definition) is 0. The summed E-state index contributed by atoms with van der Waals surface area (Å²) in [6.45, 7) is 0. The molecular weight excluding hydrogens is 1840 g/mol. The van der Waals surface area contributed by atoms with Crippen molar-refractivity contribution in [2.45, 2.75) is 60.2 Å². The molecule has 12 aromatic carbocycles. The average molecular weight is 1910 g/mol. The Morgan fingerprint density at radius 2 is 0.291 bits per heavy atom. The fourth-order valence-electron chi connectivity index (χ4n) is 15.4. The SMILES string of the molecule is O=C(OI(OC(=O)c1ccccc1)c1ccc(C23CC4(c5ccc(I(OC(=O)c6ccccc6)OC(=O)c6ccccc6)cc5)CC(c5ccc(I(OC(=O)c6ccccc6)OC(=O)c6ccccc6)cc5)(C2)CC(c2ccc(I(OC(=O)c5ccccc5)OC(=O)c5ccccc5)cc2)(C3)C4)cc1)c1ccccc1. The number of rotatable bonds is 24. The van der Waals surface area contributed by atoms with Crippen LogP contribution in [0.1, 0.15) is 144 Å². The van der Waals surface area contributed by atoms with Gasteiger partial charge in [-0.25, -0.2) is 0 Å². The summed E-state index contributed by atoms with van der Waals surface area (Å²) in [5.41, 5.74) is 3.49. The number of halogens is 4. The van der Waals surface area contributed by atoms with Crippen molar-refractivity contribution in [1.82, 2.24) is 0 Å². The zero-order valence-corrected chi connectivity index (χ0v) is 67.2. The molecule has 4 aliphatic rings. The van der Waals surface area contributed by atoms with Crippen LogP contribution in [0.4, 0.5) is 0 Å². The van der Waals surface area contributed by atoms with E-state index < -0.39 is 152 Å². The van der Waals surface area contributed by atoms with E-state index in [4.69, 9.17) is 24.5 Å². The van der Waals surface area contributed by atoms with Crippen molar-refractivity contribution in [3.63, 3.8) is 0 Å². The predicted molar refractivity (Wildman–Crippen MR) is 446 cm³/mol. The van der Waals surface area contributed by atoms with Gasteiger partial charge in [-0.3, -0.25) is 0 Å². The zero-order chi connectivity index (χ0) is 75.7. The molecule has 0 atom stereocenters. The molecular formula is C90H68I4O16. The number of benzene rings is 12. The van der Waals surface area contributed by atoms with E-state index in [-0.39, 0.29) is 0 Å². The van der Waals surface area contributed by atoms with Crippen molar-refractivity contribution in [3.8, 4) is 0 Å². The van der Waals surface area contributed by atoms with Gasteiger partial charge in [0.05, 0.1) is 0 Å². The van der Waals surface area contributed by atoms with E-state index >= 15 is 0 Å². The van der Waals surface area contributed by atoms with Crippen LogP contribution in [-0.2, 0) is 46.2 Å². The molecule has 0 radical (unpaired) electrons. The third-order valence-corrected chi connectivity index (χ3v) is 33.1. The molecule has 0 N–H and O–H groups in total. The zero-order valence-electron chi connectivity index (χ0n) is 58.6. The van der Waals surface area contributed by atoms with Gasteiger partial charge in [0.1, 0.15) is 0 Å². The molecule has 0 saturated heterocycles. The molecule has 0 amide bonds. The van der Waals surface area contributed by atoms with Crippen LogP contribution in [-0.4, -0.2) is 47.8 Å². The predicted octanol–water partition coefficient (Wildman–Crippen LogP) is 21.0. The molecule has 552 valence electrons. The second-order valence-corrected chi connectivity index (χ2v) is 40.4. The second kappa shape index (κ2) is 33.3. The molecule has 0 heterocycles. The van der Waals surface area contributed by atoms with E-state index in [1.807, 2.05) is 48.5 Å². The summed E-state index contributed by atoms with van der Waals surface area (Å²) in [7, 11) is 0. The van der Waals surface area contributed by atoms with Gasteiger partial charge >= 0.3 is 674 Å². The van der Waals surface area contributed by atoms with E-state index in [2.05, 4.69) is 48.5 Å². The molecule has 12 aromatic rings. The Kier molecular flexibility index (Phi) is 22.6. The molecule has 0 unspecified atom stereocenters. The van der Waals surface area contributed by atoms with Gasteiger partial charge in [-0.2, -0.15) is 0 Å². The molecule has 4 fully saturated rings. The number of hydrogen-bond acceptors (Lipinski definition) is 16. The van der Waals surface area contributed by atoms with Crippen LogP contribution in [0.3, 0.4) is 0 Å². The normalized spacial score (nSPS) is 18.3. The van der Waals surface area contributed by atoms with Crippen LogP contribution in [0.5, 0.6) is 0 Å². The van der Waals surface area contributed by atoms with Crippen LogP contribution in [0.15, 0.2) is 340 Å². The Balaban J connectivity index is 0.877. The van der Waals surface area contributed by atoms with Gasteiger partial charge in [0.25, 0.3) is 0 Å². The summed E-state index contributed by atoms with van der Waals surface area (Å²) in [5, 5.41) is 0. The van der Waals surface area contributed by atoms with Gasteiger partial charge in [0, 0.05) is 0 Å². The van der Waals surface area contributed by atoms with E-state index in [0.29, 0.717) is 97.3 Å². The average Bonchev–Trinajstić information content (AvgIpc) is 0.665. The topological polar surface area (TPSA) is 210 Å². The third kappa shape index (κ3) is 16.6. The molecule has 20 heteroatoms. The number of carbonyl (C=O) groups excluding carboxylic acids is 8. The third-order valence-electron chi connectivity index (χ3n) is 19.8. The summed E-state index contributed by atoms with van der Waals surface area (Å²) < 4.78 is 52.5. The van der Waals surface area contributed by atoms with Crippen molar-refractivity contribution in [1.29, 1.82) is 0 Å². The van der Waals surface area contributed by atoms with E-state index in [9.17, 15) is 38.4 Å². The van der Waals surface area contributed by atoms with Crippen LogP contribution in [0.25, 0.3) is 0 Å². The van der Waals surface area contributed by atoms with Gasteiger partial charge in [-0.15, -0.1) is 0 Å². The Bertz CT molecular complexity index is 4390. The summed E-state index contributed by atoms with van der Waals surface area (Å²) >= 11 is -14.6. The molecule has 4 aliphatic carbocycles. The van der Waals surface area contributed by atoms with Crippen LogP contribution in [0.2, 0.25) is 0 Å². The number of carbonyl (C=O) groups is 8. The van der Waals surface area contributed by atoms with Crippen molar-refractivity contribution < 1.29 is 62.9 Å².